The van der Waals surface area contributed by atoms with Crippen LogP contribution < -0.4 is 9.31 Å². The summed E-state index contributed by atoms with van der Waals surface area (Å²) in [6.45, 7) is 0. The van der Waals surface area contributed by atoms with E-state index >= 15 is 0 Å². The Labute approximate surface area is 71.7 Å². The van der Waals surface area contributed by atoms with Gasteiger partial charge in [-0.1, -0.05) is 0 Å². The summed E-state index contributed by atoms with van der Waals surface area (Å²) >= 11 is -1.86. The Bertz CT molecular complexity index is 235. The van der Waals surface area contributed by atoms with Crippen molar-refractivity contribution in [2.45, 2.75) is 14.8 Å². The monoisotopic (exact) mass is 258 g/mol. The van der Waals surface area contributed by atoms with Crippen molar-refractivity contribution < 1.29 is 0 Å². The van der Waals surface area contributed by atoms with Crippen LogP contribution in [-0.2, 0) is 0 Å². The van der Waals surface area contributed by atoms with Crippen molar-refractivity contribution in [3.05, 3.63) is 18.3 Å². The first-order valence-electron chi connectivity index (χ1n) is 3.72. The average molecular weight is 257 g/mol. The van der Waals surface area contributed by atoms with Gasteiger partial charge in [0, 0.05) is 0 Å². The number of aromatic nitrogens is 1. The molecule has 0 saturated heterocycles. The Hall–Kier alpha value is -0.251. The van der Waals surface area contributed by atoms with Crippen LogP contribution in [-0.4, -0.2) is 23.4 Å². The molecule has 60 valence electrons. The molecule has 1 rings (SSSR count). The molecular formula is C8H14N2Sn. The summed E-state index contributed by atoms with van der Waals surface area (Å²) < 4.78 is 1.42. The second kappa shape index (κ2) is 3.01. The molecule has 0 aliphatic rings. The Morgan fingerprint density at radius 1 is 1.27 bits per heavy atom. The van der Waals surface area contributed by atoms with E-state index in [1.165, 1.54) is 3.58 Å². The van der Waals surface area contributed by atoms with Gasteiger partial charge in [-0.3, -0.25) is 0 Å². The second-order valence-electron chi connectivity index (χ2n) is 3.72. The molecule has 0 fully saturated rings. The van der Waals surface area contributed by atoms with Gasteiger partial charge in [-0.05, 0) is 0 Å². The molecule has 0 spiro atoms. The summed E-state index contributed by atoms with van der Waals surface area (Å²) in [5.41, 5.74) is 5.48. The normalized spacial score (nSPS) is 11.5. The van der Waals surface area contributed by atoms with Crippen LogP contribution >= 0.6 is 0 Å². The zero-order valence-electron chi connectivity index (χ0n) is 7.26. The Morgan fingerprint density at radius 2 is 1.91 bits per heavy atom. The Balaban J connectivity index is 2.99. The van der Waals surface area contributed by atoms with Crippen LogP contribution in [0.15, 0.2) is 18.3 Å². The number of anilines is 1. The maximum absolute atomic E-state index is 5.48. The van der Waals surface area contributed by atoms with Crippen molar-refractivity contribution in [1.82, 2.24) is 4.98 Å². The molecule has 1 aromatic heterocycles. The first-order valence-corrected chi connectivity index (χ1v) is 13.7. The molecule has 0 atom stereocenters. The summed E-state index contributed by atoms with van der Waals surface area (Å²) in [7, 11) is 0. The molecule has 2 nitrogen and oxygen atoms in total. The van der Waals surface area contributed by atoms with E-state index in [0.717, 1.165) is 0 Å². The van der Waals surface area contributed by atoms with Crippen molar-refractivity contribution in [3.63, 3.8) is 0 Å². The summed E-state index contributed by atoms with van der Waals surface area (Å²) in [5, 5.41) is 0. The number of nitrogens with two attached hydrogens (primary N) is 1. The molecule has 0 radical (unpaired) electrons. The van der Waals surface area contributed by atoms with Crippen LogP contribution in [0.3, 0.4) is 0 Å². The van der Waals surface area contributed by atoms with E-state index in [-0.39, 0.29) is 0 Å². The Kier molecular flexibility index (Phi) is 2.42. The minimum atomic E-state index is -1.86. The molecule has 0 aliphatic heterocycles. The molecule has 11 heavy (non-hydrogen) atoms. The molecule has 0 aromatic carbocycles. The molecular weight excluding hydrogens is 243 g/mol. The zero-order valence-corrected chi connectivity index (χ0v) is 10.1. The van der Waals surface area contributed by atoms with Crippen LogP contribution in [0, 0.1) is 0 Å². The summed E-state index contributed by atoms with van der Waals surface area (Å²) in [6, 6.07) is 4.00. The van der Waals surface area contributed by atoms with Crippen LogP contribution in [0.5, 0.6) is 0 Å². The van der Waals surface area contributed by atoms with Crippen LogP contribution in [0.25, 0.3) is 0 Å². The standard InChI is InChI=1S/C5H5N2.3CH3.Sn/c6-5-3-1-2-4-7-5;;;;/h1,3-4H,(H2,6,7);3*1H3;. The summed E-state index contributed by atoms with van der Waals surface area (Å²) in [6.07, 6.45) is 1.92. The van der Waals surface area contributed by atoms with Crippen molar-refractivity contribution in [2.75, 3.05) is 5.73 Å². The fraction of sp³-hybridized carbons (Fsp3) is 0.375. The second-order valence-corrected chi connectivity index (χ2v) is 18.2. The quantitative estimate of drug-likeness (QED) is 0.768. The molecule has 0 saturated carbocycles. The Morgan fingerprint density at radius 3 is 2.27 bits per heavy atom. The van der Waals surface area contributed by atoms with Crippen molar-refractivity contribution in [2.24, 2.45) is 0 Å². The van der Waals surface area contributed by atoms with Gasteiger partial charge in [-0.15, -0.1) is 0 Å². The van der Waals surface area contributed by atoms with Crippen LogP contribution in [0.4, 0.5) is 5.82 Å². The van der Waals surface area contributed by atoms with Gasteiger partial charge in [0.15, 0.2) is 0 Å². The van der Waals surface area contributed by atoms with Crippen molar-refractivity contribution in [1.29, 1.82) is 0 Å². The van der Waals surface area contributed by atoms with Crippen LogP contribution in [0.2, 0.25) is 14.8 Å². The number of nitrogens with zero attached hydrogens (tertiary/aromatic N) is 1. The number of nitrogen functional groups attached to an aromatic ring is 1. The summed E-state index contributed by atoms with van der Waals surface area (Å²) in [4.78, 5) is 11.2. The van der Waals surface area contributed by atoms with Gasteiger partial charge in [-0.25, -0.2) is 0 Å². The number of hydrogen-bond donors (Lipinski definition) is 1. The molecule has 3 heteroatoms. The first kappa shape index (κ1) is 8.84. The molecule has 0 aliphatic carbocycles. The fourth-order valence-corrected chi connectivity index (χ4v) is 3.80. The summed E-state index contributed by atoms with van der Waals surface area (Å²) in [5.74, 6) is 0.615. The van der Waals surface area contributed by atoms with E-state index in [1.54, 1.807) is 0 Å². The SMILES string of the molecule is [CH3][Sn]([CH3])([CH3])[c]1ccc(N)nc1. The number of rotatable bonds is 1. The molecule has 0 amide bonds. The number of pyridine rings is 1. The van der Waals surface area contributed by atoms with Gasteiger partial charge < -0.3 is 0 Å². The average Bonchev–Trinajstić information content (AvgIpc) is 1.86. The van der Waals surface area contributed by atoms with Gasteiger partial charge in [0.1, 0.15) is 0 Å². The van der Waals surface area contributed by atoms with E-state index in [1.807, 2.05) is 12.3 Å². The minimum absolute atomic E-state index is 0.615. The predicted molar refractivity (Wildman–Crippen MR) is 51.6 cm³/mol. The van der Waals surface area contributed by atoms with E-state index in [0.29, 0.717) is 5.82 Å². The van der Waals surface area contributed by atoms with E-state index in [4.69, 9.17) is 5.73 Å². The molecule has 0 bridgehead atoms. The van der Waals surface area contributed by atoms with E-state index < -0.39 is 18.4 Å². The van der Waals surface area contributed by atoms with Gasteiger partial charge >= 0.3 is 71.6 Å². The van der Waals surface area contributed by atoms with E-state index in [9.17, 15) is 0 Å². The fourth-order valence-electron chi connectivity index (χ4n) is 0.849. The third-order valence-corrected chi connectivity index (χ3v) is 7.44. The van der Waals surface area contributed by atoms with Crippen LogP contribution in [0.1, 0.15) is 0 Å². The first-order chi connectivity index (χ1) is 5.00. The van der Waals surface area contributed by atoms with E-state index in [2.05, 4.69) is 25.9 Å². The molecule has 1 aromatic rings. The maximum atomic E-state index is 5.48. The zero-order chi connectivity index (χ0) is 8.48. The van der Waals surface area contributed by atoms with Gasteiger partial charge in [-0.2, -0.15) is 0 Å². The molecule has 1 heterocycles. The molecule has 0 unspecified atom stereocenters. The van der Waals surface area contributed by atoms with Gasteiger partial charge in [0.25, 0.3) is 0 Å². The van der Waals surface area contributed by atoms with Gasteiger partial charge in [0.2, 0.25) is 0 Å². The third kappa shape index (κ3) is 2.36. The number of hydrogen-bond acceptors (Lipinski definition) is 2. The topological polar surface area (TPSA) is 38.9 Å². The third-order valence-electron chi connectivity index (χ3n) is 1.65. The van der Waals surface area contributed by atoms with Crippen molar-refractivity contribution in [3.8, 4) is 0 Å². The predicted octanol–water partition coefficient (Wildman–Crippen LogP) is 1.21. The van der Waals surface area contributed by atoms with Crippen molar-refractivity contribution >= 4 is 27.8 Å². The molecule has 2 N–H and O–H groups in total. The van der Waals surface area contributed by atoms with Gasteiger partial charge in [0.05, 0.1) is 0 Å².